The maximum absolute atomic E-state index is 12.9. The third kappa shape index (κ3) is 4.83. The molecule has 1 atom stereocenters. The van der Waals surface area contributed by atoms with E-state index < -0.39 is 0 Å². The van der Waals surface area contributed by atoms with Crippen molar-refractivity contribution in [2.24, 2.45) is 0 Å². The summed E-state index contributed by atoms with van der Waals surface area (Å²) in [6.45, 7) is 12.8. The molecule has 0 fully saturated rings. The van der Waals surface area contributed by atoms with Gasteiger partial charge in [0.2, 0.25) is 0 Å². The van der Waals surface area contributed by atoms with Crippen LogP contribution in [0.25, 0.3) is 0 Å². The van der Waals surface area contributed by atoms with Crippen molar-refractivity contribution < 1.29 is 25.1 Å². The van der Waals surface area contributed by atoms with E-state index in [1.807, 2.05) is 32.0 Å². The van der Waals surface area contributed by atoms with Crippen LogP contribution in [0.5, 0.6) is 0 Å². The second kappa shape index (κ2) is 9.01. The quantitative estimate of drug-likeness (QED) is 0.607. The summed E-state index contributed by atoms with van der Waals surface area (Å²) in [7, 11) is 0.190. The smallest absolute Gasteiger partial charge is 1.00 e. The van der Waals surface area contributed by atoms with Crippen molar-refractivity contribution in [3.8, 4) is 0 Å². The van der Waals surface area contributed by atoms with E-state index in [9.17, 15) is 4.79 Å². The van der Waals surface area contributed by atoms with Crippen molar-refractivity contribution in [1.29, 1.82) is 0 Å². The minimum Gasteiger partial charge on any atom is -1.00 e. The van der Waals surface area contributed by atoms with Gasteiger partial charge in [0.05, 0.1) is 0 Å². The molecule has 124 valence electrons. The average molecular weight is 334 g/mol. The Bertz CT molecular complexity index is 706. The fraction of sp³-hybridized carbons (Fsp3) is 0.381. The molecular weight excluding hydrogens is 306 g/mol. The molecule has 0 heterocycles. The van der Waals surface area contributed by atoms with Crippen LogP contribution in [0.1, 0.15) is 73.6 Å². The molecule has 2 aromatic rings. The number of hydrogen-bond donors (Lipinski definition) is 0. The molecule has 0 aliphatic rings. The van der Waals surface area contributed by atoms with Crippen LogP contribution in [-0.2, 0) is 0 Å². The molecule has 2 aromatic carbocycles. The number of hydrogen-bond acceptors (Lipinski definition) is 1. The van der Waals surface area contributed by atoms with Gasteiger partial charge in [-0.15, -0.1) is 0 Å². The Labute approximate surface area is 162 Å². The fourth-order valence-corrected chi connectivity index (χ4v) is 4.42. The van der Waals surface area contributed by atoms with E-state index in [1.165, 1.54) is 16.4 Å². The summed E-state index contributed by atoms with van der Waals surface area (Å²) in [5.41, 5.74) is 5.92. The maximum Gasteiger partial charge on any atom is 1.00 e. The molecule has 0 amide bonds. The van der Waals surface area contributed by atoms with Crippen molar-refractivity contribution in [2.75, 3.05) is 0 Å². The molecule has 0 aliphatic carbocycles. The number of rotatable bonds is 5. The van der Waals surface area contributed by atoms with E-state index in [4.69, 9.17) is 0 Å². The van der Waals surface area contributed by atoms with Crippen LogP contribution < -0.4 is 24.2 Å². The first-order chi connectivity index (χ1) is 10.8. The Morgan fingerprint density at radius 3 is 2.04 bits per heavy atom. The fourth-order valence-electron chi connectivity index (χ4n) is 2.90. The van der Waals surface area contributed by atoms with Gasteiger partial charge in [-0.1, -0.05) is 64.1 Å². The molecule has 1 nitrogen and oxygen atoms in total. The SMILES string of the molecule is Cc1cccc(C)c1C(=O)Pc1cc(C(C)C)ccc1C(C)C.[H-].[Li+]. The van der Waals surface area contributed by atoms with Crippen molar-refractivity contribution in [1.82, 2.24) is 0 Å². The minimum atomic E-state index is 0. The second-order valence-electron chi connectivity index (χ2n) is 6.88. The number of benzene rings is 2. The van der Waals surface area contributed by atoms with E-state index in [0.717, 1.165) is 16.7 Å². The largest absolute Gasteiger partial charge is 1.00 e. The molecule has 3 heteroatoms. The summed E-state index contributed by atoms with van der Waals surface area (Å²) < 4.78 is 0. The third-order valence-electron chi connectivity index (χ3n) is 4.32. The van der Waals surface area contributed by atoms with Gasteiger partial charge in [0.25, 0.3) is 0 Å². The van der Waals surface area contributed by atoms with Crippen LogP contribution in [0.2, 0.25) is 0 Å². The van der Waals surface area contributed by atoms with Gasteiger partial charge in [-0.25, -0.2) is 0 Å². The van der Waals surface area contributed by atoms with Crippen LogP contribution in [0.4, 0.5) is 0 Å². The van der Waals surface area contributed by atoms with E-state index in [-0.39, 0.29) is 34.4 Å². The summed E-state index contributed by atoms with van der Waals surface area (Å²) in [6.07, 6.45) is 0. The Kier molecular flexibility index (Phi) is 7.95. The number of carbonyl (C=O) groups is 1. The van der Waals surface area contributed by atoms with Gasteiger partial charge >= 0.3 is 18.9 Å². The minimum absolute atomic E-state index is 0. The van der Waals surface area contributed by atoms with Gasteiger partial charge < -0.3 is 1.43 Å². The van der Waals surface area contributed by atoms with Crippen LogP contribution in [0.15, 0.2) is 36.4 Å². The normalized spacial score (nSPS) is 11.3. The van der Waals surface area contributed by atoms with E-state index >= 15 is 0 Å². The third-order valence-corrected chi connectivity index (χ3v) is 5.50. The molecule has 0 N–H and O–H groups in total. The van der Waals surface area contributed by atoms with Gasteiger partial charge in [0.15, 0.2) is 5.52 Å². The molecule has 1 unspecified atom stereocenters. The standard InChI is InChI=1S/C21H27OP.Li.H/c1-13(2)17-10-11-18(14(3)4)19(12-17)23-21(22)20-15(5)8-7-9-16(20)6;;/h7-14,23H,1-6H3;;/q;+1;-1. The second-order valence-corrected chi connectivity index (χ2v) is 8.12. The summed E-state index contributed by atoms with van der Waals surface area (Å²) in [6, 6.07) is 12.7. The van der Waals surface area contributed by atoms with Gasteiger partial charge in [0.1, 0.15) is 0 Å². The Morgan fingerprint density at radius 2 is 1.54 bits per heavy atom. The molecule has 0 bridgehead atoms. The predicted octanol–water partition coefficient (Wildman–Crippen LogP) is 2.81. The van der Waals surface area contributed by atoms with Gasteiger partial charge in [-0.2, -0.15) is 0 Å². The molecule has 0 aliphatic heterocycles. The molecule has 0 saturated heterocycles. The van der Waals surface area contributed by atoms with Crippen molar-refractivity contribution in [3.05, 3.63) is 64.2 Å². The summed E-state index contributed by atoms with van der Waals surface area (Å²) >= 11 is 0. The molecule has 0 saturated carbocycles. The number of carbonyl (C=O) groups excluding carboxylic acids is 1. The molecule has 0 spiro atoms. The predicted molar refractivity (Wildman–Crippen MR) is 104 cm³/mol. The Balaban J connectivity index is 0.00000288. The summed E-state index contributed by atoms with van der Waals surface area (Å²) in [5, 5.41) is 1.21. The zero-order chi connectivity index (χ0) is 17.1. The van der Waals surface area contributed by atoms with Crippen LogP contribution >= 0.6 is 8.58 Å². The molecular formula is C21H28LiOP. The van der Waals surface area contributed by atoms with E-state index in [2.05, 4.69) is 45.9 Å². The van der Waals surface area contributed by atoms with E-state index in [1.54, 1.807) is 0 Å². The van der Waals surface area contributed by atoms with Gasteiger partial charge in [-0.05, 0) is 61.8 Å². The zero-order valence-corrected chi connectivity index (χ0v) is 17.0. The van der Waals surface area contributed by atoms with E-state index in [0.29, 0.717) is 11.8 Å². The van der Waals surface area contributed by atoms with Crippen LogP contribution in [-0.4, -0.2) is 5.52 Å². The first-order valence-electron chi connectivity index (χ1n) is 8.32. The number of aryl methyl sites for hydroxylation is 2. The molecule has 0 radical (unpaired) electrons. The zero-order valence-electron chi connectivity index (χ0n) is 17.0. The molecule has 24 heavy (non-hydrogen) atoms. The maximum atomic E-state index is 12.9. The van der Waals surface area contributed by atoms with Crippen molar-refractivity contribution in [2.45, 2.75) is 53.4 Å². The topological polar surface area (TPSA) is 17.1 Å². The first kappa shape index (κ1) is 21.2. The monoisotopic (exact) mass is 334 g/mol. The van der Waals surface area contributed by atoms with Crippen LogP contribution in [0, 0.1) is 13.8 Å². The van der Waals surface area contributed by atoms with Gasteiger partial charge in [-0.3, -0.25) is 4.79 Å². The summed E-state index contributed by atoms with van der Waals surface area (Å²) in [5.74, 6) is 0.916. The first-order valence-corrected chi connectivity index (χ1v) is 9.32. The average Bonchev–Trinajstić information content (AvgIpc) is 2.46. The van der Waals surface area contributed by atoms with Crippen molar-refractivity contribution >= 4 is 19.4 Å². The summed E-state index contributed by atoms with van der Waals surface area (Å²) in [4.78, 5) is 12.9. The molecule has 0 aromatic heterocycles. The van der Waals surface area contributed by atoms with Crippen LogP contribution in [0.3, 0.4) is 0 Å². The van der Waals surface area contributed by atoms with Crippen molar-refractivity contribution in [3.63, 3.8) is 0 Å². The molecule has 2 rings (SSSR count). The Hall–Kier alpha value is -0.863. The van der Waals surface area contributed by atoms with Gasteiger partial charge in [0, 0.05) is 5.56 Å². The Morgan fingerprint density at radius 1 is 0.958 bits per heavy atom.